The Morgan fingerprint density at radius 2 is 1.64 bits per heavy atom. The second-order valence-electron chi connectivity index (χ2n) is 3.20. The lowest BCUT2D eigenvalue weighted by Crippen LogP contribution is -2.46. The fraction of sp³-hybridized carbons (Fsp3) is 0.750. The highest BCUT2D eigenvalue weighted by molar-refractivity contribution is 7.88. The van der Waals surface area contributed by atoms with Gasteiger partial charge in [-0.05, 0) is 13.2 Å². The maximum atomic E-state index is 11.0. The molecule has 2 N–H and O–H groups in total. The first-order chi connectivity index (χ1) is 6.41. The number of hydrogen-bond acceptors (Lipinski definition) is 4. The molecule has 0 saturated carbocycles. The molecule has 0 radical (unpaired) electrons. The van der Waals surface area contributed by atoms with Gasteiger partial charge in [-0.3, -0.25) is 0 Å². The van der Waals surface area contributed by atoms with Gasteiger partial charge in [0.25, 0.3) is 0 Å². The minimum atomic E-state index is -2.94. The first-order valence-corrected chi connectivity index (χ1v) is 6.23. The molecule has 5 nitrogen and oxygen atoms in total. The van der Waals surface area contributed by atoms with Gasteiger partial charge in [0.1, 0.15) is 0 Å². The van der Waals surface area contributed by atoms with Crippen LogP contribution in [-0.2, 0) is 10.0 Å². The quantitative estimate of drug-likeness (QED) is 0.635. The predicted octanol–water partition coefficient (Wildman–Crippen LogP) is -0.718. The van der Waals surface area contributed by atoms with Crippen molar-refractivity contribution in [2.45, 2.75) is 0 Å². The molecular formula is C8H19N3O2S. The topological polar surface area (TPSA) is 66.6 Å². The van der Waals surface area contributed by atoms with Crippen LogP contribution in [0.3, 0.4) is 0 Å². The Bertz CT molecular complexity index is 256. The molecule has 0 unspecified atom stereocenters. The number of sulfonamides is 1. The highest BCUT2D eigenvalue weighted by atomic mass is 32.2. The Labute approximate surface area is 86.2 Å². The van der Waals surface area contributed by atoms with Gasteiger partial charge in [-0.15, -0.1) is 0 Å². The molecule has 14 heavy (non-hydrogen) atoms. The molecule has 0 aromatic carbocycles. The number of rotatable bonds is 1. The maximum absolute atomic E-state index is 11.0. The fourth-order valence-electron chi connectivity index (χ4n) is 1.12. The van der Waals surface area contributed by atoms with Crippen molar-refractivity contribution >= 4 is 10.0 Å². The molecule has 1 saturated heterocycles. The van der Waals surface area contributed by atoms with Crippen molar-refractivity contribution in [3.05, 3.63) is 12.8 Å². The molecule has 1 heterocycles. The normalized spacial score (nSPS) is 19.6. The third-order valence-electron chi connectivity index (χ3n) is 1.93. The van der Waals surface area contributed by atoms with E-state index >= 15 is 0 Å². The summed E-state index contributed by atoms with van der Waals surface area (Å²) >= 11 is 0. The molecule has 0 atom stereocenters. The summed E-state index contributed by atoms with van der Waals surface area (Å²) in [5, 5.41) is 0. The van der Waals surface area contributed by atoms with Crippen molar-refractivity contribution in [3.63, 3.8) is 0 Å². The van der Waals surface area contributed by atoms with E-state index < -0.39 is 10.0 Å². The minimum Gasteiger partial charge on any atom is -0.405 e. The third kappa shape index (κ3) is 5.21. The second kappa shape index (κ2) is 6.00. The monoisotopic (exact) mass is 221 g/mol. The van der Waals surface area contributed by atoms with E-state index in [4.69, 9.17) is 0 Å². The van der Waals surface area contributed by atoms with Gasteiger partial charge in [-0.25, -0.2) is 8.42 Å². The third-order valence-corrected chi connectivity index (χ3v) is 3.23. The van der Waals surface area contributed by atoms with Crippen LogP contribution in [0.15, 0.2) is 12.8 Å². The first-order valence-electron chi connectivity index (χ1n) is 4.38. The van der Waals surface area contributed by atoms with Crippen LogP contribution in [-0.4, -0.2) is 57.1 Å². The van der Waals surface area contributed by atoms with E-state index in [1.165, 1.54) is 16.8 Å². The molecule has 0 aliphatic carbocycles. The predicted molar refractivity (Wildman–Crippen MR) is 58.3 cm³/mol. The zero-order valence-corrected chi connectivity index (χ0v) is 9.63. The summed E-state index contributed by atoms with van der Waals surface area (Å²) in [7, 11) is -0.943. The van der Waals surface area contributed by atoms with Crippen molar-refractivity contribution < 1.29 is 8.42 Å². The zero-order valence-electron chi connectivity index (χ0n) is 8.81. The van der Waals surface area contributed by atoms with Crippen LogP contribution in [0.25, 0.3) is 0 Å². The lowest BCUT2D eigenvalue weighted by atomic mass is 10.4. The highest BCUT2D eigenvalue weighted by Crippen LogP contribution is 2.03. The van der Waals surface area contributed by atoms with E-state index in [9.17, 15) is 8.42 Å². The van der Waals surface area contributed by atoms with Crippen LogP contribution in [0.2, 0.25) is 0 Å². The highest BCUT2D eigenvalue weighted by Gasteiger charge is 2.20. The van der Waals surface area contributed by atoms with Crippen LogP contribution in [0.4, 0.5) is 0 Å². The minimum absolute atomic E-state index is 0.634. The molecule has 0 spiro atoms. The first kappa shape index (κ1) is 13.4. The van der Waals surface area contributed by atoms with Crippen molar-refractivity contribution in [2.75, 3.05) is 39.5 Å². The van der Waals surface area contributed by atoms with Gasteiger partial charge in [0.15, 0.2) is 0 Å². The van der Waals surface area contributed by atoms with Crippen molar-refractivity contribution in [3.8, 4) is 0 Å². The SMILES string of the molecule is C=CN.CN1CCN(S(C)(=O)=O)CC1. The average Bonchev–Trinajstić information content (AvgIpc) is 2.04. The van der Waals surface area contributed by atoms with Crippen molar-refractivity contribution in [1.29, 1.82) is 0 Å². The van der Waals surface area contributed by atoms with Gasteiger partial charge in [0, 0.05) is 26.2 Å². The molecule has 6 heteroatoms. The zero-order chi connectivity index (χ0) is 11.2. The summed E-state index contributed by atoms with van der Waals surface area (Å²) in [6.07, 6.45) is 2.51. The van der Waals surface area contributed by atoms with Gasteiger partial charge >= 0.3 is 0 Å². The van der Waals surface area contributed by atoms with E-state index in [-0.39, 0.29) is 0 Å². The fourth-order valence-corrected chi connectivity index (χ4v) is 1.95. The van der Waals surface area contributed by atoms with E-state index in [0.29, 0.717) is 13.1 Å². The molecular weight excluding hydrogens is 202 g/mol. The number of likely N-dealkylation sites (N-methyl/N-ethyl adjacent to an activating group) is 1. The lowest BCUT2D eigenvalue weighted by molar-refractivity contribution is 0.223. The van der Waals surface area contributed by atoms with Crippen LogP contribution in [0.1, 0.15) is 0 Å². The lowest BCUT2D eigenvalue weighted by Gasteiger charge is -2.30. The van der Waals surface area contributed by atoms with Crippen LogP contribution in [0, 0.1) is 0 Å². The Hall–Kier alpha value is -0.590. The Morgan fingerprint density at radius 3 is 1.93 bits per heavy atom. The molecule has 0 amide bonds. The molecule has 84 valence electrons. The van der Waals surface area contributed by atoms with E-state index in [0.717, 1.165) is 13.1 Å². The van der Waals surface area contributed by atoms with Crippen molar-refractivity contribution in [1.82, 2.24) is 9.21 Å². The molecule has 1 aliphatic rings. The number of hydrogen-bond donors (Lipinski definition) is 1. The average molecular weight is 221 g/mol. The van der Waals surface area contributed by atoms with Gasteiger partial charge < -0.3 is 10.6 Å². The Kier molecular flexibility index (Phi) is 5.75. The van der Waals surface area contributed by atoms with E-state index in [1.807, 2.05) is 7.05 Å². The second-order valence-corrected chi connectivity index (χ2v) is 5.18. The largest absolute Gasteiger partial charge is 0.405 e. The molecule has 0 bridgehead atoms. The standard InChI is InChI=1S/C6H14N2O2S.C2H5N/c1-7-3-5-8(6-4-7)11(2,9)10;1-2-3/h3-6H2,1-2H3;2H,1,3H2. The number of nitrogens with two attached hydrogens (primary N) is 1. The Morgan fingerprint density at radius 1 is 1.29 bits per heavy atom. The van der Waals surface area contributed by atoms with E-state index in [2.05, 4.69) is 17.2 Å². The number of piperazine rings is 1. The van der Waals surface area contributed by atoms with Gasteiger partial charge in [-0.2, -0.15) is 4.31 Å². The molecule has 1 aliphatic heterocycles. The van der Waals surface area contributed by atoms with Crippen LogP contribution < -0.4 is 5.73 Å². The maximum Gasteiger partial charge on any atom is 0.211 e. The summed E-state index contributed by atoms with van der Waals surface area (Å²) in [6.45, 7) is 6.09. The van der Waals surface area contributed by atoms with Gasteiger partial charge in [0.05, 0.1) is 6.26 Å². The smallest absolute Gasteiger partial charge is 0.211 e. The summed E-state index contributed by atoms with van der Waals surface area (Å²) in [4.78, 5) is 2.13. The summed E-state index contributed by atoms with van der Waals surface area (Å²) in [5.41, 5.74) is 4.61. The summed E-state index contributed by atoms with van der Waals surface area (Å²) in [5.74, 6) is 0. The summed E-state index contributed by atoms with van der Waals surface area (Å²) < 4.78 is 23.5. The van der Waals surface area contributed by atoms with Crippen LogP contribution in [0.5, 0.6) is 0 Å². The molecule has 0 aromatic rings. The van der Waals surface area contributed by atoms with Crippen molar-refractivity contribution in [2.24, 2.45) is 5.73 Å². The van der Waals surface area contributed by atoms with Crippen LogP contribution >= 0.6 is 0 Å². The van der Waals surface area contributed by atoms with Gasteiger partial charge in [-0.1, -0.05) is 6.58 Å². The number of nitrogens with zero attached hydrogens (tertiary/aromatic N) is 2. The van der Waals surface area contributed by atoms with Gasteiger partial charge in [0.2, 0.25) is 10.0 Å². The summed E-state index contributed by atoms with van der Waals surface area (Å²) in [6, 6.07) is 0. The molecule has 1 rings (SSSR count). The van der Waals surface area contributed by atoms with E-state index in [1.54, 1.807) is 0 Å². The molecule has 1 fully saturated rings. The Balaban J connectivity index is 0.000000500. The molecule has 0 aromatic heterocycles.